The molecule has 3 rings (SSSR count). The molecule has 1 amide bonds. The highest BCUT2D eigenvalue weighted by Crippen LogP contribution is 2.22. The number of aromatic nitrogens is 2. The number of nitrogens with zero attached hydrogens (tertiary/aromatic N) is 3. The first-order chi connectivity index (χ1) is 12.1. The summed E-state index contributed by atoms with van der Waals surface area (Å²) in [6, 6.07) is 10.7. The van der Waals surface area contributed by atoms with Gasteiger partial charge in [0.25, 0.3) is 0 Å². The standard InChI is InChI=1S/C20H27N3O2/c1-15(2)20-21-18(25-22-20)11-12-19(24)23-13-7-6-10-17(23)14-16-8-4-3-5-9-16/h3-5,8-9,15,17H,6-7,10-14H2,1-2H3/t17-/m1/s1. The molecule has 0 spiro atoms. The lowest BCUT2D eigenvalue weighted by Gasteiger charge is -2.36. The molecule has 0 bridgehead atoms. The second-order valence-electron chi connectivity index (χ2n) is 7.13. The molecule has 1 aliphatic heterocycles. The van der Waals surface area contributed by atoms with Crippen LogP contribution in [0.15, 0.2) is 34.9 Å². The Balaban J connectivity index is 1.58. The normalized spacial score (nSPS) is 17.9. The number of benzene rings is 1. The molecule has 1 aromatic carbocycles. The van der Waals surface area contributed by atoms with Gasteiger partial charge in [-0.3, -0.25) is 4.79 Å². The van der Waals surface area contributed by atoms with Crippen molar-refractivity contribution in [2.24, 2.45) is 0 Å². The first-order valence-electron chi connectivity index (χ1n) is 9.29. The van der Waals surface area contributed by atoms with Crippen molar-refractivity contribution in [2.75, 3.05) is 6.54 Å². The molecule has 1 saturated heterocycles. The molecule has 0 unspecified atom stereocenters. The van der Waals surface area contributed by atoms with Crippen LogP contribution in [0.25, 0.3) is 0 Å². The molecule has 0 N–H and O–H groups in total. The second kappa shape index (κ2) is 8.28. The van der Waals surface area contributed by atoms with Gasteiger partial charge < -0.3 is 9.42 Å². The van der Waals surface area contributed by atoms with E-state index >= 15 is 0 Å². The van der Waals surface area contributed by atoms with Crippen LogP contribution in [0.3, 0.4) is 0 Å². The molecule has 0 aliphatic carbocycles. The Morgan fingerprint density at radius 3 is 2.80 bits per heavy atom. The minimum Gasteiger partial charge on any atom is -0.339 e. The van der Waals surface area contributed by atoms with Crippen molar-refractivity contribution in [2.45, 2.75) is 64.3 Å². The largest absolute Gasteiger partial charge is 0.339 e. The summed E-state index contributed by atoms with van der Waals surface area (Å²) in [4.78, 5) is 19.2. The fraction of sp³-hybridized carbons (Fsp3) is 0.550. The van der Waals surface area contributed by atoms with Gasteiger partial charge in [-0.25, -0.2) is 0 Å². The van der Waals surface area contributed by atoms with Crippen molar-refractivity contribution in [1.29, 1.82) is 0 Å². The van der Waals surface area contributed by atoms with E-state index in [1.54, 1.807) is 0 Å². The Hall–Kier alpha value is -2.17. The van der Waals surface area contributed by atoms with E-state index < -0.39 is 0 Å². The smallest absolute Gasteiger partial charge is 0.227 e. The average molecular weight is 341 g/mol. The van der Waals surface area contributed by atoms with Crippen LogP contribution in [-0.2, 0) is 17.6 Å². The number of piperidine rings is 1. The Kier molecular flexibility index (Phi) is 5.84. The predicted octanol–water partition coefficient (Wildman–Crippen LogP) is 3.75. The molecular formula is C20H27N3O2. The Labute approximate surface area is 149 Å². The zero-order chi connectivity index (χ0) is 17.6. The van der Waals surface area contributed by atoms with Crippen molar-refractivity contribution in [3.63, 3.8) is 0 Å². The first kappa shape index (κ1) is 17.6. The van der Waals surface area contributed by atoms with Gasteiger partial charge in [0.2, 0.25) is 11.8 Å². The molecule has 5 heteroatoms. The highest BCUT2D eigenvalue weighted by Gasteiger charge is 2.26. The SMILES string of the molecule is CC(C)c1noc(CCC(=O)N2CCCC[C@@H]2Cc2ccccc2)n1. The van der Waals surface area contributed by atoms with Gasteiger partial charge in [0.05, 0.1) is 0 Å². The van der Waals surface area contributed by atoms with Crippen LogP contribution in [0.5, 0.6) is 0 Å². The quantitative estimate of drug-likeness (QED) is 0.803. The summed E-state index contributed by atoms with van der Waals surface area (Å²) in [7, 11) is 0. The van der Waals surface area contributed by atoms with Crippen LogP contribution < -0.4 is 0 Å². The number of hydrogen-bond acceptors (Lipinski definition) is 4. The second-order valence-corrected chi connectivity index (χ2v) is 7.13. The Morgan fingerprint density at radius 1 is 1.28 bits per heavy atom. The highest BCUT2D eigenvalue weighted by atomic mass is 16.5. The highest BCUT2D eigenvalue weighted by molar-refractivity contribution is 5.76. The van der Waals surface area contributed by atoms with Gasteiger partial charge >= 0.3 is 0 Å². The van der Waals surface area contributed by atoms with E-state index in [9.17, 15) is 4.79 Å². The molecule has 0 saturated carbocycles. The summed E-state index contributed by atoms with van der Waals surface area (Å²) in [5.74, 6) is 1.71. The molecule has 0 radical (unpaired) electrons. The van der Waals surface area contributed by atoms with E-state index in [1.165, 1.54) is 12.0 Å². The summed E-state index contributed by atoms with van der Waals surface area (Å²) in [5, 5.41) is 3.97. The van der Waals surface area contributed by atoms with Crippen LogP contribution in [0, 0.1) is 0 Å². The monoisotopic (exact) mass is 341 g/mol. The fourth-order valence-corrected chi connectivity index (χ4v) is 3.39. The molecule has 2 heterocycles. The maximum atomic E-state index is 12.7. The minimum atomic E-state index is 0.199. The number of aryl methyl sites for hydroxylation is 1. The third kappa shape index (κ3) is 4.68. The van der Waals surface area contributed by atoms with Crippen LogP contribution in [0.4, 0.5) is 0 Å². The predicted molar refractivity (Wildman–Crippen MR) is 96.2 cm³/mol. The summed E-state index contributed by atoms with van der Waals surface area (Å²) >= 11 is 0. The maximum Gasteiger partial charge on any atom is 0.227 e. The van der Waals surface area contributed by atoms with E-state index in [0.717, 1.165) is 25.8 Å². The van der Waals surface area contributed by atoms with Crippen molar-refractivity contribution in [1.82, 2.24) is 15.0 Å². The lowest BCUT2D eigenvalue weighted by molar-refractivity contribution is -0.134. The van der Waals surface area contributed by atoms with Crippen molar-refractivity contribution in [3.05, 3.63) is 47.6 Å². The van der Waals surface area contributed by atoms with Gasteiger partial charge in [0, 0.05) is 31.3 Å². The molecule has 1 atom stereocenters. The van der Waals surface area contributed by atoms with E-state index in [4.69, 9.17) is 4.52 Å². The topological polar surface area (TPSA) is 59.2 Å². The molecule has 25 heavy (non-hydrogen) atoms. The summed E-state index contributed by atoms with van der Waals surface area (Å²) in [6.07, 6.45) is 5.26. The molecule has 5 nitrogen and oxygen atoms in total. The van der Waals surface area contributed by atoms with Gasteiger partial charge in [-0.05, 0) is 31.2 Å². The lowest BCUT2D eigenvalue weighted by Crippen LogP contribution is -2.45. The number of likely N-dealkylation sites (tertiary alicyclic amines) is 1. The first-order valence-corrected chi connectivity index (χ1v) is 9.29. The summed E-state index contributed by atoms with van der Waals surface area (Å²) < 4.78 is 5.25. The van der Waals surface area contributed by atoms with Gasteiger partial charge in [0.1, 0.15) is 0 Å². The zero-order valence-electron chi connectivity index (χ0n) is 15.1. The van der Waals surface area contributed by atoms with Crippen LogP contribution >= 0.6 is 0 Å². The lowest BCUT2D eigenvalue weighted by atomic mass is 9.95. The van der Waals surface area contributed by atoms with Crippen molar-refractivity contribution >= 4 is 5.91 Å². The third-order valence-electron chi connectivity index (χ3n) is 4.81. The number of amides is 1. The average Bonchev–Trinajstić information content (AvgIpc) is 3.10. The van der Waals surface area contributed by atoms with Crippen LogP contribution in [0.1, 0.15) is 62.7 Å². The van der Waals surface area contributed by atoms with Gasteiger partial charge in [-0.2, -0.15) is 4.98 Å². The molecule has 2 aromatic rings. The number of carbonyl (C=O) groups is 1. The van der Waals surface area contributed by atoms with Crippen LogP contribution in [-0.4, -0.2) is 33.5 Å². The number of rotatable bonds is 6. The van der Waals surface area contributed by atoms with Gasteiger partial charge in [-0.15, -0.1) is 0 Å². The molecule has 1 aliphatic rings. The minimum absolute atomic E-state index is 0.199. The Morgan fingerprint density at radius 2 is 2.08 bits per heavy atom. The van der Waals surface area contributed by atoms with Gasteiger partial charge in [-0.1, -0.05) is 49.3 Å². The van der Waals surface area contributed by atoms with Crippen molar-refractivity contribution in [3.8, 4) is 0 Å². The third-order valence-corrected chi connectivity index (χ3v) is 4.81. The van der Waals surface area contributed by atoms with Crippen molar-refractivity contribution < 1.29 is 9.32 Å². The molecule has 1 aromatic heterocycles. The van der Waals surface area contributed by atoms with E-state index in [1.807, 2.05) is 19.9 Å². The number of hydrogen-bond donors (Lipinski definition) is 0. The summed E-state index contributed by atoms with van der Waals surface area (Å²) in [5.41, 5.74) is 1.30. The fourth-order valence-electron chi connectivity index (χ4n) is 3.39. The molecular weight excluding hydrogens is 314 g/mol. The Bertz CT molecular complexity index is 681. The molecule has 1 fully saturated rings. The van der Waals surface area contributed by atoms with E-state index in [-0.39, 0.29) is 11.8 Å². The van der Waals surface area contributed by atoms with Crippen LogP contribution in [0.2, 0.25) is 0 Å². The number of carbonyl (C=O) groups excluding carboxylic acids is 1. The maximum absolute atomic E-state index is 12.7. The zero-order valence-corrected chi connectivity index (χ0v) is 15.1. The summed E-state index contributed by atoms with van der Waals surface area (Å²) in [6.45, 7) is 4.92. The van der Waals surface area contributed by atoms with Gasteiger partial charge in [0.15, 0.2) is 5.82 Å². The van der Waals surface area contributed by atoms with E-state index in [2.05, 4.69) is 39.3 Å². The molecule has 134 valence electrons. The van der Waals surface area contributed by atoms with E-state index in [0.29, 0.717) is 30.6 Å².